The molecule has 1 saturated carbocycles. The van der Waals surface area contributed by atoms with Gasteiger partial charge < -0.3 is 5.11 Å². The van der Waals surface area contributed by atoms with Gasteiger partial charge >= 0.3 is 0 Å². The lowest BCUT2D eigenvalue weighted by molar-refractivity contribution is -0.384. The molecule has 6 heteroatoms. The first-order valence-electron chi connectivity index (χ1n) is 6.74. The summed E-state index contributed by atoms with van der Waals surface area (Å²) in [5.41, 5.74) is 0.273. The Kier molecular flexibility index (Phi) is 4.81. The topological polar surface area (TPSA) is 83.7 Å². The van der Waals surface area contributed by atoms with E-state index in [0.717, 1.165) is 19.3 Å². The first-order valence-corrected chi connectivity index (χ1v) is 6.74. The van der Waals surface area contributed by atoms with E-state index in [4.69, 9.17) is 5.11 Å². The molecule has 0 amide bonds. The van der Waals surface area contributed by atoms with E-state index in [2.05, 4.69) is 0 Å². The highest BCUT2D eigenvalue weighted by molar-refractivity contribution is 5.98. The van der Waals surface area contributed by atoms with Crippen LogP contribution in [0.4, 0.5) is 5.69 Å². The molecule has 108 valence electrons. The summed E-state index contributed by atoms with van der Waals surface area (Å²) in [6.07, 6.45) is 3.24. The van der Waals surface area contributed by atoms with Crippen molar-refractivity contribution in [1.82, 2.24) is 4.90 Å². The van der Waals surface area contributed by atoms with E-state index in [1.165, 1.54) is 18.2 Å². The van der Waals surface area contributed by atoms with Crippen LogP contribution in [0.3, 0.4) is 0 Å². The lowest BCUT2D eigenvalue weighted by Crippen LogP contribution is -2.44. The molecular weight excluding hydrogens is 260 g/mol. The highest BCUT2D eigenvalue weighted by Crippen LogP contribution is 2.25. The summed E-state index contributed by atoms with van der Waals surface area (Å²) in [6.45, 7) is 0.677. The van der Waals surface area contributed by atoms with Gasteiger partial charge in [-0.3, -0.25) is 19.8 Å². The predicted molar refractivity (Wildman–Crippen MR) is 73.7 cm³/mol. The molecule has 1 fully saturated rings. The normalized spacial score (nSPS) is 15.1. The maximum absolute atomic E-state index is 12.2. The van der Waals surface area contributed by atoms with E-state index >= 15 is 0 Å². The number of benzene rings is 1. The summed E-state index contributed by atoms with van der Waals surface area (Å²) in [5.74, 6) is -0.144. The summed E-state index contributed by atoms with van der Waals surface area (Å²) in [7, 11) is 0. The van der Waals surface area contributed by atoms with Crippen molar-refractivity contribution in [1.29, 1.82) is 0 Å². The number of aliphatic hydroxyl groups is 1. The molecule has 1 N–H and O–H groups in total. The molecular formula is C14H18N2O4. The Labute approximate surface area is 117 Å². The number of carbonyl (C=O) groups is 1. The number of aliphatic hydroxyl groups excluding tert-OH is 1. The molecule has 1 aliphatic carbocycles. The summed E-state index contributed by atoms with van der Waals surface area (Å²) in [5, 5.41) is 19.8. The largest absolute Gasteiger partial charge is 0.395 e. The number of hydrogen-bond donors (Lipinski definition) is 1. The van der Waals surface area contributed by atoms with Gasteiger partial charge in [-0.05, 0) is 12.8 Å². The fourth-order valence-corrected chi connectivity index (χ4v) is 2.34. The third-order valence-electron chi connectivity index (χ3n) is 3.70. The van der Waals surface area contributed by atoms with Crippen LogP contribution in [0.15, 0.2) is 24.3 Å². The number of non-ortho nitro benzene ring substituents is 1. The van der Waals surface area contributed by atoms with Crippen LogP contribution in [0.2, 0.25) is 0 Å². The molecule has 1 aromatic carbocycles. The van der Waals surface area contributed by atoms with E-state index in [9.17, 15) is 14.9 Å². The number of nitro benzene ring substituents is 1. The fraction of sp³-hybridized carbons (Fsp3) is 0.500. The molecule has 2 rings (SSSR count). The molecule has 1 aromatic rings. The number of ketones is 1. The highest BCUT2D eigenvalue weighted by atomic mass is 16.6. The average Bonchev–Trinajstić information content (AvgIpc) is 2.37. The second-order valence-electron chi connectivity index (χ2n) is 5.01. The summed E-state index contributed by atoms with van der Waals surface area (Å²) < 4.78 is 0. The third-order valence-corrected chi connectivity index (χ3v) is 3.70. The van der Waals surface area contributed by atoms with Gasteiger partial charge in [-0.15, -0.1) is 0 Å². The van der Waals surface area contributed by atoms with E-state index in [1.807, 2.05) is 4.90 Å². The molecule has 0 aromatic heterocycles. The Balaban J connectivity index is 2.05. The molecule has 6 nitrogen and oxygen atoms in total. The molecule has 20 heavy (non-hydrogen) atoms. The second kappa shape index (κ2) is 6.58. The van der Waals surface area contributed by atoms with Crippen molar-refractivity contribution in [3.63, 3.8) is 0 Å². The number of carbonyl (C=O) groups excluding carboxylic acids is 1. The quantitative estimate of drug-likeness (QED) is 0.465. The lowest BCUT2D eigenvalue weighted by atomic mass is 9.91. The number of nitrogens with zero attached hydrogens (tertiary/aromatic N) is 2. The van der Waals surface area contributed by atoms with Crippen molar-refractivity contribution >= 4 is 11.5 Å². The predicted octanol–water partition coefficient (Wildman–Crippen LogP) is 1.62. The van der Waals surface area contributed by atoms with E-state index in [-0.39, 0.29) is 24.6 Å². The molecule has 0 bridgehead atoms. The Morgan fingerprint density at radius 2 is 2.20 bits per heavy atom. The summed E-state index contributed by atoms with van der Waals surface area (Å²) in [6, 6.07) is 6.14. The number of hydrogen-bond acceptors (Lipinski definition) is 5. The smallest absolute Gasteiger partial charge is 0.270 e. The molecule has 0 spiro atoms. The molecule has 0 radical (unpaired) electrons. The summed E-state index contributed by atoms with van der Waals surface area (Å²) in [4.78, 5) is 24.4. The standard InChI is InChI=1S/C14H18N2O4/c17-8-7-15(12-4-2-5-12)10-14(18)11-3-1-6-13(9-11)16(19)20/h1,3,6,9,12,17H,2,4-5,7-8,10H2. The average molecular weight is 278 g/mol. The second-order valence-corrected chi connectivity index (χ2v) is 5.01. The van der Waals surface area contributed by atoms with Crippen LogP contribution >= 0.6 is 0 Å². The monoisotopic (exact) mass is 278 g/mol. The van der Waals surface area contributed by atoms with Crippen molar-refractivity contribution in [2.45, 2.75) is 25.3 Å². The first-order chi connectivity index (χ1) is 9.61. The van der Waals surface area contributed by atoms with Gasteiger partial charge in [-0.1, -0.05) is 18.6 Å². The zero-order valence-corrected chi connectivity index (χ0v) is 11.2. The fourth-order valence-electron chi connectivity index (χ4n) is 2.34. The molecule has 0 aliphatic heterocycles. The lowest BCUT2D eigenvalue weighted by Gasteiger charge is -2.36. The van der Waals surface area contributed by atoms with Crippen molar-refractivity contribution in [2.75, 3.05) is 19.7 Å². The van der Waals surface area contributed by atoms with Gasteiger partial charge in [0.05, 0.1) is 18.1 Å². The zero-order valence-electron chi connectivity index (χ0n) is 11.2. The van der Waals surface area contributed by atoms with Gasteiger partial charge in [0.25, 0.3) is 5.69 Å². The van der Waals surface area contributed by atoms with Crippen LogP contribution in [-0.4, -0.2) is 46.5 Å². The first kappa shape index (κ1) is 14.6. The van der Waals surface area contributed by atoms with Crippen LogP contribution in [0.5, 0.6) is 0 Å². The SMILES string of the molecule is O=C(CN(CCO)C1CCC1)c1cccc([N+](=O)[O-])c1. The highest BCUT2D eigenvalue weighted by Gasteiger charge is 2.26. The summed E-state index contributed by atoms with van der Waals surface area (Å²) >= 11 is 0. The Hall–Kier alpha value is -1.79. The van der Waals surface area contributed by atoms with Crippen LogP contribution in [0, 0.1) is 10.1 Å². The number of Topliss-reactive ketones (excluding diaryl/α,β-unsaturated/α-hetero) is 1. The minimum Gasteiger partial charge on any atom is -0.395 e. The number of rotatable bonds is 7. The molecule has 0 unspecified atom stereocenters. The molecule has 0 atom stereocenters. The van der Waals surface area contributed by atoms with Crippen molar-refractivity contribution < 1.29 is 14.8 Å². The van der Waals surface area contributed by atoms with Gasteiger partial charge in [0.1, 0.15) is 0 Å². The molecule has 0 saturated heterocycles. The minimum absolute atomic E-state index is 0.0126. The van der Waals surface area contributed by atoms with Crippen molar-refractivity contribution in [2.24, 2.45) is 0 Å². The maximum atomic E-state index is 12.2. The van der Waals surface area contributed by atoms with E-state index in [0.29, 0.717) is 18.2 Å². The van der Waals surface area contributed by atoms with Gasteiger partial charge in [-0.25, -0.2) is 0 Å². The van der Waals surface area contributed by atoms with Crippen molar-refractivity contribution in [3.05, 3.63) is 39.9 Å². The Bertz CT molecular complexity index is 500. The van der Waals surface area contributed by atoms with Crippen molar-refractivity contribution in [3.8, 4) is 0 Å². The van der Waals surface area contributed by atoms with Crippen LogP contribution in [0.25, 0.3) is 0 Å². The molecule has 0 heterocycles. The zero-order chi connectivity index (χ0) is 14.5. The van der Waals surface area contributed by atoms with Gasteiger partial charge in [0.15, 0.2) is 5.78 Å². The van der Waals surface area contributed by atoms with Crippen LogP contribution in [-0.2, 0) is 0 Å². The Morgan fingerprint density at radius 1 is 1.45 bits per heavy atom. The minimum atomic E-state index is -0.506. The molecule has 1 aliphatic rings. The number of nitro groups is 1. The van der Waals surface area contributed by atoms with Gasteiger partial charge in [-0.2, -0.15) is 0 Å². The van der Waals surface area contributed by atoms with Gasteiger partial charge in [0.2, 0.25) is 0 Å². The Morgan fingerprint density at radius 3 is 2.75 bits per heavy atom. The van der Waals surface area contributed by atoms with Gasteiger partial charge in [0, 0.05) is 30.3 Å². The maximum Gasteiger partial charge on any atom is 0.270 e. The van der Waals surface area contributed by atoms with Crippen LogP contribution in [0.1, 0.15) is 29.6 Å². The third kappa shape index (κ3) is 3.40. The van der Waals surface area contributed by atoms with E-state index < -0.39 is 4.92 Å². The van der Waals surface area contributed by atoms with Crippen LogP contribution < -0.4 is 0 Å². The van der Waals surface area contributed by atoms with E-state index in [1.54, 1.807) is 6.07 Å².